The molecule has 2 aliphatic rings. The van der Waals surface area contributed by atoms with Crippen molar-refractivity contribution in [1.82, 2.24) is 14.1 Å². The maximum absolute atomic E-state index is 12.9. The second-order valence-electron chi connectivity index (χ2n) is 6.78. The van der Waals surface area contributed by atoms with E-state index in [1.807, 2.05) is 6.92 Å². The number of aromatic nitrogens is 2. The SMILES string of the molecule is CCn1cc(S(=O)(=O)N2CCC3(CC2)OCCc2sc(C(=O)O)cc23)cn1. The first-order valence-corrected chi connectivity index (χ1v) is 11.1. The average Bonchev–Trinajstić information content (AvgIpc) is 3.30. The standard InChI is InChI=1S/C17H21N3O5S2/c1-2-19-11-12(10-18-19)27(23,24)20-6-4-17(5-7-20)13-9-15(16(21)22)26-14(13)3-8-25-17/h9-11H,2-8H2,1H3,(H,21,22). The van der Waals surface area contributed by atoms with Crippen LogP contribution in [0.2, 0.25) is 0 Å². The summed E-state index contributed by atoms with van der Waals surface area (Å²) in [6, 6.07) is 1.71. The van der Waals surface area contributed by atoms with E-state index < -0.39 is 21.6 Å². The number of piperidine rings is 1. The minimum absolute atomic E-state index is 0.203. The average molecular weight is 412 g/mol. The zero-order valence-corrected chi connectivity index (χ0v) is 16.6. The Balaban J connectivity index is 1.57. The second kappa shape index (κ2) is 6.69. The zero-order valence-electron chi connectivity index (χ0n) is 14.9. The number of nitrogens with zero attached hydrogens (tertiary/aromatic N) is 3. The Morgan fingerprint density at radius 3 is 2.78 bits per heavy atom. The first kappa shape index (κ1) is 18.6. The molecule has 0 aromatic carbocycles. The maximum Gasteiger partial charge on any atom is 0.345 e. The van der Waals surface area contributed by atoms with Gasteiger partial charge >= 0.3 is 5.97 Å². The summed E-state index contributed by atoms with van der Waals surface area (Å²) in [4.78, 5) is 12.9. The van der Waals surface area contributed by atoms with Crippen molar-refractivity contribution in [3.05, 3.63) is 33.8 Å². The van der Waals surface area contributed by atoms with Crippen LogP contribution < -0.4 is 0 Å². The van der Waals surface area contributed by atoms with E-state index in [4.69, 9.17) is 4.74 Å². The number of carboxylic acids is 1. The molecule has 0 saturated carbocycles. The number of carboxylic acid groups (broad SMARTS) is 1. The van der Waals surface area contributed by atoms with E-state index in [1.54, 1.807) is 16.9 Å². The molecule has 4 heterocycles. The summed E-state index contributed by atoms with van der Waals surface area (Å²) in [5, 5.41) is 13.4. The molecule has 27 heavy (non-hydrogen) atoms. The van der Waals surface area contributed by atoms with E-state index in [1.165, 1.54) is 21.8 Å². The summed E-state index contributed by atoms with van der Waals surface area (Å²) in [6.45, 7) is 3.70. The van der Waals surface area contributed by atoms with E-state index in [-0.39, 0.29) is 4.90 Å². The molecule has 0 amide bonds. The van der Waals surface area contributed by atoms with Crippen molar-refractivity contribution >= 4 is 27.3 Å². The molecule has 1 N–H and O–H groups in total. The van der Waals surface area contributed by atoms with Gasteiger partial charge in [0.1, 0.15) is 9.77 Å². The van der Waals surface area contributed by atoms with Crippen LogP contribution in [0.3, 0.4) is 0 Å². The van der Waals surface area contributed by atoms with Gasteiger partial charge in [0.05, 0.1) is 18.4 Å². The first-order chi connectivity index (χ1) is 12.9. The van der Waals surface area contributed by atoms with Crippen LogP contribution in [0.25, 0.3) is 0 Å². The van der Waals surface area contributed by atoms with Gasteiger partial charge in [-0.3, -0.25) is 4.68 Å². The molecular formula is C17H21N3O5S2. The second-order valence-corrected chi connectivity index (χ2v) is 9.86. The smallest absolute Gasteiger partial charge is 0.345 e. The van der Waals surface area contributed by atoms with Crippen LogP contribution >= 0.6 is 11.3 Å². The summed E-state index contributed by atoms with van der Waals surface area (Å²) in [5.74, 6) is -0.933. The predicted octanol–water partition coefficient (Wildman–Crippen LogP) is 1.92. The van der Waals surface area contributed by atoms with Gasteiger partial charge in [-0.05, 0) is 31.4 Å². The van der Waals surface area contributed by atoms with Gasteiger partial charge < -0.3 is 9.84 Å². The van der Waals surface area contributed by atoms with Crippen molar-refractivity contribution in [1.29, 1.82) is 0 Å². The molecule has 0 unspecified atom stereocenters. The van der Waals surface area contributed by atoms with Gasteiger partial charge in [0.2, 0.25) is 10.0 Å². The molecule has 1 saturated heterocycles. The Hall–Kier alpha value is -1.75. The van der Waals surface area contributed by atoms with Crippen molar-refractivity contribution in [2.75, 3.05) is 19.7 Å². The number of rotatable bonds is 4. The minimum atomic E-state index is -3.59. The van der Waals surface area contributed by atoms with Crippen LogP contribution in [0.15, 0.2) is 23.4 Å². The highest BCUT2D eigenvalue weighted by Gasteiger charge is 2.44. The third-order valence-corrected chi connectivity index (χ3v) is 8.35. The minimum Gasteiger partial charge on any atom is -0.477 e. The normalized spacial score (nSPS) is 19.9. The van der Waals surface area contributed by atoms with E-state index in [0.29, 0.717) is 50.4 Å². The molecule has 1 fully saturated rings. The number of hydrogen-bond donors (Lipinski definition) is 1. The van der Waals surface area contributed by atoms with Gasteiger partial charge in [0.15, 0.2) is 0 Å². The van der Waals surface area contributed by atoms with Gasteiger partial charge in [-0.1, -0.05) is 0 Å². The van der Waals surface area contributed by atoms with Gasteiger partial charge in [-0.15, -0.1) is 11.3 Å². The molecule has 2 aromatic heterocycles. The van der Waals surface area contributed by atoms with Crippen molar-refractivity contribution < 1.29 is 23.1 Å². The van der Waals surface area contributed by atoms with Crippen LogP contribution in [-0.4, -0.2) is 53.3 Å². The quantitative estimate of drug-likeness (QED) is 0.825. The molecule has 0 aliphatic carbocycles. The third-order valence-electron chi connectivity index (χ3n) is 5.32. The van der Waals surface area contributed by atoms with Gasteiger partial charge in [0, 0.05) is 37.1 Å². The Kier molecular flexibility index (Phi) is 4.61. The fourth-order valence-corrected chi connectivity index (χ4v) is 6.29. The molecule has 0 radical (unpaired) electrons. The lowest BCUT2D eigenvalue weighted by molar-refractivity contribution is -0.0882. The van der Waals surface area contributed by atoms with E-state index in [0.717, 1.165) is 10.4 Å². The number of carbonyl (C=O) groups is 1. The summed E-state index contributed by atoms with van der Waals surface area (Å²) >= 11 is 1.30. The number of aryl methyl sites for hydroxylation is 1. The van der Waals surface area contributed by atoms with Crippen molar-refractivity contribution in [2.24, 2.45) is 0 Å². The largest absolute Gasteiger partial charge is 0.477 e. The monoisotopic (exact) mass is 411 g/mol. The Labute approximate surface area is 161 Å². The van der Waals surface area contributed by atoms with E-state index in [9.17, 15) is 18.3 Å². The lowest BCUT2D eigenvalue weighted by Gasteiger charge is -2.43. The highest BCUT2D eigenvalue weighted by molar-refractivity contribution is 7.89. The number of sulfonamides is 1. The Morgan fingerprint density at radius 1 is 1.41 bits per heavy atom. The highest BCUT2D eigenvalue weighted by atomic mass is 32.2. The molecule has 0 atom stereocenters. The summed E-state index contributed by atoms with van der Waals surface area (Å²) in [7, 11) is -3.59. The third kappa shape index (κ3) is 3.10. The van der Waals surface area contributed by atoms with Gasteiger partial charge in [-0.25, -0.2) is 13.2 Å². The van der Waals surface area contributed by atoms with Crippen LogP contribution in [0.5, 0.6) is 0 Å². The number of ether oxygens (including phenoxy) is 1. The van der Waals surface area contributed by atoms with Gasteiger partial charge in [0.25, 0.3) is 0 Å². The molecule has 8 nitrogen and oxygen atoms in total. The summed E-state index contributed by atoms with van der Waals surface area (Å²) < 4.78 is 34.9. The molecule has 0 bridgehead atoms. The number of thiophene rings is 1. The van der Waals surface area contributed by atoms with Crippen LogP contribution in [0, 0.1) is 0 Å². The predicted molar refractivity (Wildman–Crippen MR) is 98.5 cm³/mol. The fourth-order valence-electron chi connectivity index (χ4n) is 3.82. The van der Waals surface area contributed by atoms with E-state index >= 15 is 0 Å². The highest BCUT2D eigenvalue weighted by Crippen LogP contribution is 2.45. The molecule has 2 aliphatic heterocycles. The van der Waals surface area contributed by atoms with Gasteiger partial charge in [-0.2, -0.15) is 9.40 Å². The first-order valence-electron chi connectivity index (χ1n) is 8.89. The lowest BCUT2D eigenvalue weighted by atomic mass is 9.83. The Bertz CT molecular complexity index is 971. The number of fused-ring (bicyclic) bond motifs is 2. The lowest BCUT2D eigenvalue weighted by Crippen LogP contribution is -2.47. The summed E-state index contributed by atoms with van der Waals surface area (Å²) in [6.07, 6.45) is 4.66. The van der Waals surface area contributed by atoms with Crippen LogP contribution in [-0.2, 0) is 33.3 Å². The van der Waals surface area contributed by atoms with Crippen molar-refractivity contribution in [3.8, 4) is 0 Å². The van der Waals surface area contributed by atoms with Crippen LogP contribution in [0.4, 0.5) is 0 Å². The van der Waals surface area contributed by atoms with Crippen molar-refractivity contribution in [2.45, 2.75) is 43.2 Å². The fraction of sp³-hybridized carbons (Fsp3) is 0.529. The van der Waals surface area contributed by atoms with Crippen molar-refractivity contribution in [3.63, 3.8) is 0 Å². The molecule has 146 valence electrons. The molecule has 1 spiro atoms. The number of hydrogen-bond acceptors (Lipinski definition) is 6. The number of aromatic carboxylic acids is 1. The van der Waals surface area contributed by atoms with Crippen LogP contribution in [0.1, 0.15) is 39.9 Å². The van der Waals surface area contributed by atoms with E-state index in [2.05, 4.69) is 5.10 Å². The molecule has 2 aromatic rings. The molecular weight excluding hydrogens is 390 g/mol. The molecule has 4 rings (SSSR count). The molecule has 10 heteroatoms. The topological polar surface area (TPSA) is 102 Å². The summed E-state index contributed by atoms with van der Waals surface area (Å²) in [5.41, 5.74) is 0.337. The maximum atomic E-state index is 12.9. The Morgan fingerprint density at radius 2 is 2.15 bits per heavy atom. The zero-order chi connectivity index (χ0) is 19.2.